The molecule has 0 fully saturated rings. The van der Waals surface area contributed by atoms with Gasteiger partial charge >= 0.3 is 0 Å². The minimum absolute atomic E-state index is 0.378. The molecule has 1 heterocycles. The van der Waals surface area contributed by atoms with Crippen molar-refractivity contribution < 1.29 is 14.3 Å². The van der Waals surface area contributed by atoms with Gasteiger partial charge in [0.1, 0.15) is 18.1 Å². The normalized spacial score (nSPS) is 10.2. The van der Waals surface area contributed by atoms with Crippen LogP contribution in [-0.4, -0.2) is 18.4 Å². The standard InChI is InChI=1S/C20H17NO3/c1-23-17-10-11-21-19(12-17)18-9-5-8-16(13-22)20(18)24-14-15-6-3-2-4-7-15/h2-13H,14H2,1H3. The van der Waals surface area contributed by atoms with Crippen molar-refractivity contribution >= 4 is 6.29 Å². The van der Waals surface area contributed by atoms with Crippen LogP contribution in [0.2, 0.25) is 0 Å². The van der Waals surface area contributed by atoms with E-state index in [0.717, 1.165) is 17.4 Å². The van der Waals surface area contributed by atoms with Crippen LogP contribution in [0.5, 0.6) is 11.5 Å². The van der Waals surface area contributed by atoms with Crippen molar-refractivity contribution in [1.82, 2.24) is 4.98 Å². The molecule has 0 aliphatic heterocycles. The number of pyridine rings is 1. The summed E-state index contributed by atoms with van der Waals surface area (Å²) in [5.74, 6) is 1.22. The van der Waals surface area contributed by atoms with Crippen molar-refractivity contribution in [3.05, 3.63) is 78.0 Å². The number of hydrogen-bond donors (Lipinski definition) is 0. The summed E-state index contributed by atoms with van der Waals surface area (Å²) in [7, 11) is 1.60. The summed E-state index contributed by atoms with van der Waals surface area (Å²) < 4.78 is 11.2. The minimum Gasteiger partial charge on any atom is -0.497 e. The lowest BCUT2D eigenvalue weighted by atomic mass is 10.1. The average Bonchev–Trinajstić information content (AvgIpc) is 2.67. The van der Waals surface area contributed by atoms with Gasteiger partial charge in [0, 0.05) is 17.8 Å². The Hall–Kier alpha value is -3.14. The van der Waals surface area contributed by atoms with E-state index in [4.69, 9.17) is 9.47 Å². The Morgan fingerprint density at radius 3 is 2.62 bits per heavy atom. The Morgan fingerprint density at radius 1 is 1.04 bits per heavy atom. The number of carbonyl (C=O) groups is 1. The van der Waals surface area contributed by atoms with E-state index in [0.29, 0.717) is 29.4 Å². The van der Waals surface area contributed by atoms with E-state index in [1.165, 1.54) is 0 Å². The first-order chi connectivity index (χ1) is 11.8. The SMILES string of the molecule is COc1ccnc(-c2cccc(C=O)c2OCc2ccccc2)c1. The van der Waals surface area contributed by atoms with Crippen LogP contribution in [0.25, 0.3) is 11.3 Å². The first-order valence-corrected chi connectivity index (χ1v) is 7.57. The van der Waals surface area contributed by atoms with E-state index in [9.17, 15) is 4.79 Å². The summed E-state index contributed by atoms with van der Waals surface area (Å²) in [6.45, 7) is 0.378. The zero-order valence-electron chi connectivity index (χ0n) is 13.3. The van der Waals surface area contributed by atoms with Crippen LogP contribution in [0.3, 0.4) is 0 Å². The summed E-state index contributed by atoms with van der Waals surface area (Å²) in [6.07, 6.45) is 2.47. The van der Waals surface area contributed by atoms with Gasteiger partial charge in [-0.25, -0.2) is 0 Å². The Balaban J connectivity index is 1.98. The molecule has 0 amide bonds. The van der Waals surface area contributed by atoms with Crippen molar-refractivity contribution in [1.29, 1.82) is 0 Å². The highest BCUT2D eigenvalue weighted by Crippen LogP contribution is 2.33. The van der Waals surface area contributed by atoms with Gasteiger partial charge in [-0.1, -0.05) is 36.4 Å². The lowest BCUT2D eigenvalue weighted by Gasteiger charge is -2.14. The zero-order valence-corrected chi connectivity index (χ0v) is 13.3. The van der Waals surface area contributed by atoms with Crippen molar-refractivity contribution in [3.8, 4) is 22.8 Å². The molecule has 1 aromatic heterocycles. The molecule has 4 heteroatoms. The third-order valence-corrected chi connectivity index (χ3v) is 3.64. The third kappa shape index (κ3) is 3.43. The fourth-order valence-corrected chi connectivity index (χ4v) is 2.43. The van der Waals surface area contributed by atoms with E-state index in [2.05, 4.69) is 4.98 Å². The quantitative estimate of drug-likeness (QED) is 0.640. The number of hydrogen-bond acceptors (Lipinski definition) is 4. The van der Waals surface area contributed by atoms with Crippen LogP contribution in [0.15, 0.2) is 66.9 Å². The second kappa shape index (κ2) is 7.42. The van der Waals surface area contributed by atoms with E-state index in [-0.39, 0.29) is 0 Å². The Morgan fingerprint density at radius 2 is 1.88 bits per heavy atom. The smallest absolute Gasteiger partial charge is 0.153 e. The van der Waals surface area contributed by atoms with Gasteiger partial charge in [-0.3, -0.25) is 9.78 Å². The predicted molar refractivity (Wildman–Crippen MR) is 92.4 cm³/mol. The van der Waals surface area contributed by atoms with Crippen LogP contribution >= 0.6 is 0 Å². The topological polar surface area (TPSA) is 48.4 Å². The van der Waals surface area contributed by atoms with Crippen molar-refractivity contribution in [2.24, 2.45) is 0 Å². The summed E-state index contributed by atoms with van der Waals surface area (Å²) in [5, 5.41) is 0. The lowest BCUT2D eigenvalue weighted by molar-refractivity contribution is 0.111. The predicted octanol–water partition coefficient (Wildman–Crippen LogP) is 4.15. The summed E-state index contributed by atoms with van der Waals surface area (Å²) >= 11 is 0. The molecule has 0 saturated heterocycles. The average molecular weight is 319 g/mol. The molecule has 3 rings (SSSR count). The summed E-state index contributed by atoms with van der Waals surface area (Å²) in [5.41, 5.74) is 2.98. The molecule has 120 valence electrons. The number of para-hydroxylation sites is 1. The number of methoxy groups -OCH3 is 1. The van der Waals surface area contributed by atoms with Crippen molar-refractivity contribution in [2.45, 2.75) is 6.61 Å². The number of carbonyl (C=O) groups excluding carboxylic acids is 1. The molecule has 0 aliphatic carbocycles. The van der Waals surface area contributed by atoms with Gasteiger partial charge in [-0.05, 0) is 23.8 Å². The van der Waals surface area contributed by atoms with Gasteiger partial charge in [0.05, 0.1) is 18.4 Å². The maximum absolute atomic E-state index is 11.4. The molecule has 0 atom stereocenters. The first kappa shape index (κ1) is 15.7. The summed E-state index contributed by atoms with van der Waals surface area (Å²) in [4.78, 5) is 15.8. The molecule has 0 N–H and O–H groups in total. The maximum atomic E-state index is 11.4. The number of ether oxygens (including phenoxy) is 2. The number of benzene rings is 2. The van der Waals surface area contributed by atoms with Crippen LogP contribution < -0.4 is 9.47 Å². The van der Waals surface area contributed by atoms with Crippen LogP contribution in [0, 0.1) is 0 Å². The zero-order chi connectivity index (χ0) is 16.8. The van der Waals surface area contributed by atoms with Gasteiger partial charge in [-0.2, -0.15) is 0 Å². The Labute approximate surface area is 140 Å². The molecular weight excluding hydrogens is 302 g/mol. The van der Waals surface area contributed by atoms with Gasteiger partial charge in [0.2, 0.25) is 0 Å². The highest BCUT2D eigenvalue weighted by atomic mass is 16.5. The minimum atomic E-state index is 0.378. The first-order valence-electron chi connectivity index (χ1n) is 7.57. The molecule has 4 nitrogen and oxygen atoms in total. The fourth-order valence-electron chi connectivity index (χ4n) is 2.43. The molecular formula is C20H17NO3. The lowest BCUT2D eigenvalue weighted by Crippen LogP contribution is -2.01. The fraction of sp³-hybridized carbons (Fsp3) is 0.100. The number of aromatic nitrogens is 1. The largest absolute Gasteiger partial charge is 0.497 e. The molecule has 0 bridgehead atoms. The van der Waals surface area contributed by atoms with Crippen LogP contribution in [0.4, 0.5) is 0 Å². The van der Waals surface area contributed by atoms with E-state index in [1.807, 2.05) is 48.5 Å². The highest BCUT2D eigenvalue weighted by molar-refractivity contribution is 5.85. The molecule has 0 radical (unpaired) electrons. The Bertz CT molecular complexity index is 831. The molecule has 0 spiro atoms. The number of rotatable bonds is 6. The second-order valence-electron chi connectivity index (χ2n) is 5.20. The van der Waals surface area contributed by atoms with Crippen molar-refractivity contribution in [3.63, 3.8) is 0 Å². The van der Waals surface area contributed by atoms with Gasteiger partial charge in [0.15, 0.2) is 6.29 Å². The molecule has 2 aromatic carbocycles. The molecule has 0 aliphatic rings. The van der Waals surface area contributed by atoms with Gasteiger partial charge < -0.3 is 9.47 Å². The maximum Gasteiger partial charge on any atom is 0.153 e. The monoisotopic (exact) mass is 319 g/mol. The molecule has 3 aromatic rings. The molecule has 0 unspecified atom stereocenters. The third-order valence-electron chi connectivity index (χ3n) is 3.64. The van der Waals surface area contributed by atoms with Gasteiger partial charge in [0.25, 0.3) is 0 Å². The van der Waals surface area contributed by atoms with E-state index < -0.39 is 0 Å². The summed E-state index contributed by atoms with van der Waals surface area (Å²) in [6, 6.07) is 18.8. The number of aldehydes is 1. The number of nitrogens with zero attached hydrogens (tertiary/aromatic N) is 1. The van der Waals surface area contributed by atoms with Crippen LogP contribution in [0.1, 0.15) is 15.9 Å². The van der Waals surface area contributed by atoms with Crippen LogP contribution in [-0.2, 0) is 6.61 Å². The van der Waals surface area contributed by atoms with E-state index in [1.54, 1.807) is 25.4 Å². The highest BCUT2D eigenvalue weighted by Gasteiger charge is 2.13. The molecule has 24 heavy (non-hydrogen) atoms. The second-order valence-corrected chi connectivity index (χ2v) is 5.20. The Kier molecular flexibility index (Phi) is 4.87. The van der Waals surface area contributed by atoms with E-state index >= 15 is 0 Å². The van der Waals surface area contributed by atoms with Crippen molar-refractivity contribution in [2.75, 3.05) is 7.11 Å². The molecule has 0 saturated carbocycles. The van der Waals surface area contributed by atoms with Gasteiger partial charge in [-0.15, -0.1) is 0 Å².